The summed E-state index contributed by atoms with van der Waals surface area (Å²) in [7, 11) is 0. The molecule has 31 heavy (non-hydrogen) atoms. The van der Waals surface area contributed by atoms with E-state index in [1.165, 1.54) is 28.6 Å². The number of amides is 1. The maximum absolute atomic E-state index is 14.1. The fraction of sp³-hybridized carbons (Fsp3) is 0.455. The normalized spacial score (nSPS) is 18.8. The monoisotopic (exact) mass is 447 g/mol. The second-order valence-electron chi connectivity index (χ2n) is 7.78. The zero-order valence-electron chi connectivity index (χ0n) is 17.5. The van der Waals surface area contributed by atoms with Crippen LogP contribution in [0.25, 0.3) is 0 Å². The minimum atomic E-state index is -0.554. The molecule has 1 amide bonds. The van der Waals surface area contributed by atoms with Gasteiger partial charge in [-0.3, -0.25) is 4.79 Å². The fourth-order valence-corrected chi connectivity index (χ4v) is 4.98. The lowest BCUT2D eigenvalue weighted by atomic mass is 10.1. The Hall–Kier alpha value is -2.68. The predicted octanol–water partition coefficient (Wildman–Crippen LogP) is 2.75. The van der Waals surface area contributed by atoms with Crippen LogP contribution < -0.4 is 15.5 Å². The van der Waals surface area contributed by atoms with Crippen LogP contribution in [-0.2, 0) is 17.8 Å². The number of anilines is 1. The molecule has 0 saturated carbocycles. The number of para-hydroxylation sites is 1. The fourth-order valence-electron chi connectivity index (χ4n) is 4.09. The summed E-state index contributed by atoms with van der Waals surface area (Å²) in [4.78, 5) is 22.1. The molecule has 2 aliphatic heterocycles. The van der Waals surface area contributed by atoms with Gasteiger partial charge in [-0.2, -0.15) is 0 Å². The Bertz CT molecular complexity index is 943. The lowest BCUT2D eigenvalue weighted by molar-refractivity contribution is -0.130. The van der Waals surface area contributed by atoms with E-state index >= 15 is 0 Å². The summed E-state index contributed by atoms with van der Waals surface area (Å²) in [5.74, 6) is -0.565. The van der Waals surface area contributed by atoms with Crippen LogP contribution in [0.2, 0.25) is 0 Å². The van der Waals surface area contributed by atoms with Gasteiger partial charge in [0.05, 0.1) is 0 Å². The highest BCUT2D eigenvalue weighted by Crippen LogP contribution is 2.27. The van der Waals surface area contributed by atoms with E-state index in [1.807, 2.05) is 11.8 Å². The van der Waals surface area contributed by atoms with Crippen LogP contribution in [0.5, 0.6) is 0 Å². The highest BCUT2D eigenvalue weighted by molar-refractivity contribution is 7.10. The van der Waals surface area contributed by atoms with E-state index < -0.39 is 11.6 Å². The number of aliphatic imine (C=N–C) groups is 1. The second-order valence-corrected chi connectivity index (χ2v) is 8.78. The molecule has 2 aliphatic rings. The Morgan fingerprint density at radius 1 is 1.26 bits per heavy atom. The molecule has 1 fully saturated rings. The Labute approximate surface area is 185 Å². The van der Waals surface area contributed by atoms with Gasteiger partial charge in [0.1, 0.15) is 23.9 Å². The third-order valence-corrected chi connectivity index (χ3v) is 6.68. The first-order valence-corrected chi connectivity index (χ1v) is 11.5. The number of rotatable bonds is 5. The van der Waals surface area contributed by atoms with Crippen LogP contribution >= 0.6 is 11.3 Å². The number of carbonyl (C=O) groups is 1. The highest BCUT2D eigenvalue weighted by atomic mass is 32.1. The largest absolute Gasteiger partial charge is 0.365 e. The van der Waals surface area contributed by atoms with Gasteiger partial charge in [0.2, 0.25) is 5.91 Å². The summed E-state index contributed by atoms with van der Waals surface area (Å²) in [6.45, 7) is 5.04. The van der Waals surface area contributed by atoms with Crippen molar-refractivity contribution in [1.29, 1.82) is 0 Å². The zero-order valence-corrected chi connectivity index (χ0v) is 18.4. The average Bonchev–Trinajstić information content (AvgIpc) is 3.41. The average molecular weight is 448 g/mol. The van der Waals surface area contributed by atoms with Crippen LogP contribution in [0.3, 0.4) is 0 Å². The maximum atomic E-state index is 14.1. The number of guanidine groups is 1. The van der Waals surface area contributed by atoms with E-state index in [9.17, 15) is 13.6 Å². The first-order valence-electron chi connectivity index (χ1n) is 10.6. The molecule has 1 atom stereocenters. The zero-order chi connectivity index (χ0) is 21.8. The molecule has 3 heterocycles. The summed E-state index contributed by atoms with van der Waals surface area (Å²) in [5.41, 5.74) is 1.24. The van der Waals surface area contributed by atoms with Gasteiger partial charge in [-0.05, 0) is 48.9 Å². The number of fused-ring (bicyclic) bond motifs is 1. The molecule has 1 aromatic heterocycles. The Balaban J connectivity index is 1.35. The molecule has 166 valence electrons. The van der Waals surface area contributed by atoms with Crippen molar-refractivity contribution in [2.24, 2.45) is 4.99 Å². The van der Waals surface area contributed by atoms with E-state index in [0.29, 0.717) is 32.1 Å². The Kier molecular flexibility index (Phi) is 6.70. The Morgan fingerprint density at radius 3 is 2.84 bits per heavy atom. The number of hydrogen-bond acceptors (Lipinski definition) is 4. The molecule has 2 aromatic rings. The van der Waals surface area contributed by atoms with Gasteiger partial charge in [-0.15, -0.1) is 11.3 Å². The molecule has 1 saturated heterocycles. The third kappa shape index (κ3) is 4.98. The molecule has 0 bridgehead atoms. The number of nitrogens with one attached hydrogen (secondary N) is 2. The molecule has 9 heteroatoms. The first-order chi connectivity index (χ1) is 15.0. The topological polar surface area (TPSA) is 60.0 Å². The number of hydrogen-bond donors (Lipinski definition) is 2. The summed E-state index contributed by atoms with van der Waals surface area (Å²) < 4.78 is 28.2. The first kappa shape index (κ1) is 21.5. The lowest BCUT2D eigenvalue weighted by Crippen LogP contribution is -2.45. The molecule has 1 aromatic carbocycles. The van der Waals surface area contributed by atoms with Gasteiger partial charge in [0, 0.05) is 43.6 Å². The van der Waals surface area contributed by atoms with Crippen molar-refractivity contribution >= 4 is 28.9 Å². The van der Waals surface area contributed by atoms with E-state index in [1.54, 1.807) is 16.2 Å². The van der Waals surface area contributed by atoms with E-state index in [2.05, 4.69) is 27.1 Å². The van der Waals surface area contributed by atoms with Gasteiger partial charge in [0.15, 0.2) is 5.96 Å². The molecule has 0 aliphatic carbocycles. The second kappa shape index (κ2) is 9.64. The number of carbonyl (C=O) groups excluding carboxylic acids is 1. The summed E-state index contributed by atoms with van der Waals surface area (Å²) >= 11 is 1.75. The van der Waals surface area contributed by atoms with Crippen LogP contribution in [-0.4, -0.2) is 55.5 Å². The van der Waals surface area contributed by atoms with Crippen molar-refractivity contribution in [2.45, 2.75) is 32.4 Å². The molecule has 2 N–H and O–H groups in total. The number of halogens is 2. The van der Waals surface area contributed by atoms with Crippen molar-refractivity contribution in [1.82, 2.24) is 15.5 Å². The van der Waals surface area contributed by atoms with Gasteiger partial charge in [0.25, 0.3) is 0 Å². The minimum absolute atomic E-state index is 0.00414. The number of nitrogens with zero attached hydrogens (tertiary/aromatic N) is 3. The van der Waals surface area contributed by atoms with Gasteiger partial charge in [-0.25, -0.2) is 13.8 Å². The predicted molar refractivity (Wildman–Crippen MR) is 120 cm³/mol. The summed E-state index contributed by atoms with van der Waals surface area (Å²) in [5, 5.41) is 8.54. The van der Waals surface area contributed by atoms with E-state index in [-0.39, 0.29) is 24.2 Å². The van der Waals surface area contributed by atoms with Gasteiger partial charge >= 0.3 is 0 Å². The molecular formula is C22H27F2N5OS. The standard InChI is InChI=1S/C22H27F2N5OS/c1-2-25-22(26-12-20(30)28-10-7-19-15(13-28)8-11-31-19)27-16-6-9-29(14-16)21-17(23)4-3-5-18(21)24/h3-5,8,11,16H,2,6-7,9-10,12-14H2,1H3,(H2,25,26,27). The third-order valence-electron chi connectivity index (χ3n) is 5.66. The number of thiophene rings is 1. The van der Waals surface area contributed by atoms with Crippen molar-refractivity contribution in [3.63, 3.8) is 0 Å². The van der Waals surface area contributed by atoms with Crippen LogP contribution in [0.15, 0.2) is 34.6 Å². The molecule has 4 rings (SSSR count). The Morgan fingerprint density at radius 2 is 2.06 bits per heavy atom. The van der Waals surface area contributed by atoms with Gasteiger partial charge < -0.3 is 20.4 Å². The molecule has 1 unspecified atom stereocenters. The van der Waals surface area contributed by atoms with Crippen LogP contribution in [0.1, 0.15) is 23.8 Å². The van der Waals surface area contributed by atoms with Crippen LogP contribution in [0.4, 0.5) is 14.5 Å². The van der Waals surface area contributed by atoms with E-state index in [0.717, 1.165) is 19.4 Å². The van der Waals surface area contributed by atoms with E-state index in [4.69, 9.17) is 0 Å². The van der Waals surface area contributed by atoms with Crippen LogP contribution in [0, 0.1) is 11.6 Å². The SMILES string of the molecule is CCNC(=NCC(=O)N1CCc2sccc2C1)NC1CCN(c2c(F)cccc2F)C1. The molecule has 0 radical (unpaired) electrons. The lowest BCUT2D eigenvalue weighted by Gasteiger charge is -2.26. The number of benzene rings is 1. The molecular weight excluding hydrogens is 420 g/mol. The summed E-state index contributed by atoms with van der Waals surface area (Å²) in [6, 6.07) is 5.98. The molecule has 6 nitrogen and oxygen atoms in total. The summed E-state index contributed by atoms with van der Waals surface area (Å²) in [6.07, 6.45) is 1.62. The minimum Gasteiger partial charge on any atom is -0.365 e. The quantitative estimate of drug-likeness (QED) is 0.547. The highest BCUT2D eigenvalue weighted by Gasteiger charge is 2.27. The van der Waals surface area contributed by atoms with Crippen molar-refractivity contribution in [3.05, 3.63) is 51.7 Å². The smallest absolute Gasteiger partial charge is 0.244 e. The maximum Gasteiger partial charge on any atom is 0.244 e. The van der Waals surface area contributed by atoms with Gasteiger partial charge in [-0.1, -0.05) is 6.07 Å². The molecule has 0 spiro atoms. The van der Waals surface area contributed by atoms with Crippen molar-refractivity contribution < 1.29 is 13.6 Å². The van der Waals surface area contributed by atoms with Crippen molar-refractivity contribution in [3.8, 4) is 0 Å². The van der Waals surface area contributed by atoms with Crippen molar-refractivity contribution in [2.75, 3.05) is 37.6 Å².